The number of hydrogen-bond donors (Lipinski definition) is 0. The molecule has 1 aliphatic rings. The van der Waals surface area contributed by atoms with E-state index in [1.807, 2.05) is 0 Å². The lowest BCUT2D eigenvalue weighted by Gasteiger charge is -2.20. The number of hydrogen-bond acceptors (Lipinski definition) is 2. The zero-order valence-electron chi connectivity index (χ0n) is 9.53. The number of amides is 2. The van der Waals surface area contributed by atoms with E-state index in [2.05, 4.69) is 6.58 Å². The van der Waals surface area contributed by atoms with Crippen LogP contribution in [0.3, 0.4) is 0 Å². The summed E-state index contributed by atoms with van der Waals surface area (Å²) in [7, 11) is 0. The van der Waals surface area contributed by atoms with E-state index in [1.54, 1.807) is 12.1 Å². The molecule has 1 aromatic rings. The maximum Gasteiger partial charge on any atom is 0.269 e. The number of carbonyl (C=O) groups excluding carboxylic acids is 2. The van der Waals surface area contributed by atoms with Crippen LogP contribution in [0.2, 0.25) is 0 Å². The molecule has 0 fully saturated rings. The SMILES string of the molecule is C=CCC(F)(F)CN1C(=O)c2ccccc2C1=O. The molecular formula is C13H11F2NO2. The van der Waals surface area contributed by atoms with Crippen molar-refractivity contribution in [1.82, 2.24) is 4.90 Å². The van der Waals surface area contributed by atoms with E-state index in [1.165, 1.54) is 12.1 Å². The third kappa shape index (κ3) is 2.03. The van der Waals surface area contributed by atoms with Crippen LogP contribution in [0.5, 0.6) is 0 Å². The van der Waals surface area contributed by atoms with Crippen LogP contribution in [0.25, 0.3) is 0 Å². The monoisotopic (exact) mass is 251 g/mol. The third-order valence-electron chi connectivity index (χ3n) is 2.71. The van der Waals surface area contributed by atoms with Crippen LogP contribution in [-0.2, 0) is 0 Å². The Bertz CT molecular complexity index is 490. The molecule has 3 nitrogen and oxygen atoms in total. The van der Waals surface area contributed by atoms with Crippen molar-refractivity contribution < 1.29 is 18.4 Å². The predicted molar refractivity (Wildman–Crippen MR) is 61.6 cm³/mol. The van der Waals surface area contributed by atoms with Crippen molar-refractivity contribution in [3.63, 3.8) is 0 Å². The zero-order valence-corrected chi connectivity index (χ0v) is 9.53. The Hall–Kier alpha value is -2.04. The van der Waals surface area contributed by atoms with Gasteiger partial charge in [-0.3, -0.25) is 14.5 Å². The highest BCUT2D eigenvalue weighted by molar-refractivity contribution is 6.21. The summed E-state index contributed by atoms with van der Waals surface area (Å²) in [6, 6.07) is 6.10. The van der Waals surface area contributed by atoms with Crippen molar-refractivity contribution in [2.75, 3.05) is 6.54 Å². The van der Waals surface area contributed by atoms with Crippen molar-refractivity contribution in [1.29, 1.82) is 0 Å². The number of halogens is 2. The first-order chi connectivity index (χ1) is 8.46. The minimum Gasteiger partial charge on any atom is -0.269 e. The van der Waals surface area contributed by atoms with Gasteiger partial charge in [0.05, 0.1) is 17.7 Å². The molecule has 0 aliphatic carbocycles. The molecule has 0 atom stereocenters. The van der Waals surface area contributed by atoms with Crippen molar-refractivity contribution in [2.24, 2.45) is 0 Å². The summed E-state index contributed by atoms with van der Waals surface area (Å²) in [5.41, 5.74) is 0.355. The number of rotatable bonds is 4. The minimum absolute atomic E-state index is 0.178. The fourth-order valence-corrected chi connectivity index (χ4v) is 1.89. The number of allylic oxidation sites excluding steroid dienone is 1. The molecule has 2 rings (SSSR count). The summed E-state index contributed by atoms with van der Waals surface area (Å²) < 4.78 is 26.9. The number of fused-ring (bicyclic) bond motifs is 1. The zero-order chi connectivity index (χ0) is 13.3. The Morgan fingerprint density at radius 2 is 1.67 bits per heavy atom. The number of nitrogens with zero attached hydrogens (tertiary/aromatic N) is 1. The van der Waals surface area contributed by atoms with Crippen LogP contribution in [0, 0.1) is 0 Å². The van der Waals surface area contributed by atoms with Crippen LogP contribution in [-0.4, -0.2) is 29.2 Å². The molecule has 1 heterocycles. The summed E-state index contributed by atoms with van der Waals surface area (Å²) in [4.78, 5) is 24.3. The molecule has 0 aromatic heterocycles. The average molecular weight is 251 g/mol. The summed E-state index contributed by atoms with van der Waals surface area (Å²) in [5, 5.41) is 0. The Morgan fingerprint density at radius 3 is 2.11 bits per heavy atom. The number of alkyl halides is 2. The van der Waals surface area contributed by atoms with Crippen LogP contribution in [0.15, 0.2) is 36.9 Å². The van der Waals surface area contributed by atoms with Gasteiger partial charge in [0.1, 0.15) is 0 Å². The summed E-state index contributed by atoms with van der Waals surface area (Å²) in [5.74, 6) is -4.48. The first kappa shape index (κ1) is 12.4. The molecule has 0 N–H and O–H groups in total. The Morgan fingerprint density at radius 1 is 1.17 bits per heavy atom. The Labute approximate surface area is 103 Å². The second kappa shape index (κ2) is 4.33. The average Bonchev–Trinajstić information content (AvgIpc) is 2.55. The van der Waals surface area contributed by atoms with E-state index in [0.29, 0.717) is 4.90 Å². The second-order valence-electron chi connectivity index (χ2n) is 4.09. The molecule has 0 unspecified atom stereocenters. The van der Waals surface area contributed by atoms with E-state index in [9.17, 15) is 18.4 Å². The van der Waals surface area contributed by atoms with Crippen molar-refractivity contribution >= 4 is 11.8 Å². The molecule has 0 bridgehead atoms. The van der Waals surface area contributed by atoms with E-state index in [4.69, 9.17) is 0 Å². The summed E-state index contributed by atoms with van der Waals surface area (Å²) >= 11 is 0. The number of carbonyl (C=O) groups is 2. The van der Waals surface area contributed by atoms with Gasteiger partial charge in [-0.25, -0.2) is 8.78 Å². The van der Waals surface area contributed by atoms with Crippen molar-refractivity contribution in [2.45, 2.75) is 12.3 Å². The van der Waals surface area contributed by atoms with Gasteiger partial charge in [-0.2, -0.15) is 0 Å². The normalized spacial score (nSPS) is 14.9. The van der Waals surface area contributed by atoms with Crippen LogP contribution < -0.4 is 0 Å². The van der Waals surface area contributed by atoms with E-state index in [-0.39, 0.29) is 11.1 Å². The predicted octanol–water partition coefficient (Wildman–Crippen LogP) is 2.49. The van der Waals surface area contributed by atoms with Gasteiger partial charge in [-0.15, -0.1) is 6.58 Å². The van der Waals surface area contributed by atoms with Gasteiger partial charge < -0.3 is 0 Å². The maximum absolute atomic E-state index is 13.4. The fraction of sp³-hybridized carbons (Fsp3) is 0.231. The molecule has 0 saturated carbocycles. The second-order valence-corrected chi connectivity index (χ2v) is 4.09. The van der Waals surface area contributed by atoms with Gasteiger partial charge in [0.15, 0.2) is 0 Å². The third-order valence-corrected chi connectivity index (χ3v) is 2.71. The van der Waals surface area contributed by atoms with Gasteiger partial charge in [0, 0.05) is 6.42 Å². The van der Waals surface area contributed by atoms with Crippen LogP contribution in [0.1, 0.15) is 27.1 Å². The minimum atomic E-state index is -3.14. The summed E-state index contributed by atoms with van der Waals surface area (Å²) in [6.07, 6.45) is 0.499. The van der Waals surface area contributed by atoms with Crippen molar-refractivity contribution in [3.8, 4) is 0 Å². The number of benzene rings is 1. The van der Waals surface area contributed by atoms with Gasteiger partial charge in [0.2, 0.25) is 0 Å². The van der Waals surface area contributed by atoms with E-state index >= 15 is 0 Å². The quantitative estimate of drug-likeness (QED) is 0.609. The van der Waals surface area contributed by atoms with Gasteiger partial charge in [0.25, 0.3) is 17.7 Å². The summed E-state index contributed by atoms with van der Waals surface area (Å²) in [6.45, 7) is 2.32. The highest BCUT2D eigenvalue weighted by Crippen LogP contribution is 2.27. The van der Waals surface area contributed by atoms with E-state index in [0.717, 1.165) is 6.08 Å². The molecule has 1 aromatic carbocycles. The largest absolute Gasteiger partial charge is 0.269 e. The Balaban J connectivity index is 2.26. The maximum atomic E-state index is 13.4. The lowest BCUT2D eigenvalue weighted by Crippen LogP contribution is -2.40. The molecule has 0 spiro atoms. The first-order valence-corrected chi connectivity index (χ1v) is 5.40. The molecule has 0 radical (unpaired) electrons. The molecule has 18 heavy (non-hydrogen) atoms. The van der Waals surface area contributed by atoms with Crippen LogP contribution >= 0.6 is 0 Å². The fourth-order valence-electron chi connectivity index (χ4n) is 1.89. The van der Waals surface area contributed by atoms with Crippen molar-refractivity contribution in [3.05, 3.63) is 48.0 Å². The Kier molecular flexibility index (Phi) is 2.98. The van der Waals surface area contributed by atoms with Crippen LogP contribution in [0.4, 0.5) is 8.78 Å². The highest BCUT2D eigenvalue weighted by Gasteiger charge is 2.41. The molecule has 2 amide bonds. The molecule has 1 aliphatic heterocycles. The molecule has 5 heteroatoms. The lowest BCUT2D eigenvalue weighted by atomic mass is 10.1. The van der Waals surface area contributed by atoms with E-state index < -0.39 is 30.7 Å². The lowest BCUT2D eigenvalue weighted by molar-refractivity contribution is -0.0198. The molecular weight excluding hydrogens is 240 g/mol. The topological polar surface area (TPSA) is 37.4 Å². The molecule has 94 valence electrons. The standard InChI is InChI=1S/C13H11F2NO2/c1-2-7-13(14,15)8-16-11(17)9-5-3-4-6-10(9)12(16)18/h2-6H,1,7-8H2. The van der Waals surface area contributed by atoms with Gasteiger partial charge >= 0.3 is 0 Å². The van der Waals surface area contributed by atoms with Gasteiger partial charge in [-0.05, 0) is 12.1 Å². The smallest absolute Gasteiger partial charge is 0.269 e. The molecule has 0 saturated heterocycles. The highest BCUT2D eigenvalue weighted by atomic mass is 19.3. The number of imide groups is 1. The van der Waals surface area contributed by atoms with Gasteiger partial charge in [-0.1, -0.05) is 18.2 Å². The first-order valence-electron chi connectivity index (χ1n) is 5.40.